The molecule has 34 nitrogen and oxygen atoms in total. The molecule has 0 aromatic heterocycles. The third-order valence-electron chi connectivity index (χ3n) is 23.9. The number of carbonyl (C=O) groups is 10. The lowest BCUT2D eigenvalue weighted by Gasteiger charge is -2.45. The molecule has 12 rings (SSSR count). The summed E-state index contributed by atoms with van der Waals surface area (Å²) in [6.07, 6.45) is 2.12. The van der Waals surface area contributed by atoms with Gasteiger partial charge in [-0.15, -0.1) is 0 Å². The molecule has 2 saturated carbocycles. The predicted molar refractivity (Wildman–Crippen MR) is 459 cm³/mol. The number of allylic oxidation sites excluding steroid dienone is 1. The third kappa shape index (κ3) is 22.0. The minimum atomic E-state index is -4.29. The Morgan fingerprint density at radius 1 is 0.712 bits per heavy atom. The van der Waals surface area contributed by atoms with Gasteiger partial charge in [0, 0.05) is 62.0 Å². The van der Waals surface area contributed by atoms with Crippen molar-refractivity contribution in [2.24, 2.45) is 34.1 Å². The number of unbranched alkanes of at least 4 members (excludes halogenated alkanes) is 1. The number of hydrogen-bond donors (Lipinski definition) is 11. The zero-order valence-corrected chi connectivity index (χ0v) is 74.0. The fourth-order valence-electron chi connectivity index (χ4n) is 18.3. The van der Waals surface area contributed by atoms with Crippen LogP contribution in [0.2, 0.25) is 0 Å². The average molecular weight is 1750 g/mol. The highest BCUT2D eigenvalue weighted by molar-refractivity contribution is 7.90. The van der Waals surface area contributed by atoms with Gasteiger partial charge >= 0.3 is 30.3 Å². The van der Waals surface area contributed by atoms with Gasteiger partial charge in [0.15, 0.2) is 17.6 Å². The van der Waals surface area contributed by atoms with E-state index in [1.807, 2.05) is 32.1 Å². The molecule has 0 radical (unpaired) electrons. The summed E-state index contributed by atoms with van der Waals surface area (Å²) in [6, 6.07) is 21.8. The molecule has 2 spiro atoms. The maximum absolute atomic E-state index is 15.1. The minimum Gasteiger partial charge on any atom is -0.493 e. The number of sulfonamides is 1. The van der Waals surface area contributed by atoms with Crippen LogP contribution in [0.15, 0.2) is 113 Å². The summed E-state index contributed by atoms with van der Waals surface area (Å²) in [5.41, 5.74) is 3.38. The number of guanidine groups is 2. The zero-order chi connectivity index (χ0) is 90.3. The fourth-order valence-corrected chi connectivity index (χ4v) is 19.8. The molecule has 9 amide bonds. The summed E-state index contributed by atoms with van der Waals surface area (Å²) in [5.74, 6) is -0.904. The molecule has 11 N–H and O–H groups in total. The van der Waals surface area contributed by atoms with E-state index in [-0.39, 0.29) is 123 Å². The van der Waals surface area contributed by atoms with E-state index in [9.17, 15) is 51.6 Å². The van der Waals surface area contributed by atoms with Crippen molar-refractivity contribution in [1.82, 2.24) is 57.5 Å². The quantitative estimate of drug-likeness (QED) is 0.00491. The lowest BCUT2D eigenvalue weighted by Crippen LogP contribution is -2.56. The number of likely N-dealkylation sites (tertiary alicyclic amines) is 1. The molecule has 5 aromatic carbocycles. The van der Waals surface area contributed by atoms with Crippen molar-refractivity contribution in [3.8, 4) is 28.7 Å². The van der Waals surface area contributed by atoms with Crippen molar-refractivity contribution in [1.29, 1.82) is 5.41 Å². The molecule has 3 aliphatic heterocycles. The van der Waals surface area contributed by atoms with Gasteiger partial charge in [0.1, 0.15) is 65.1 Å². The van der Waals surface area contributed by atoms with E-state index in [0.717, 1.165) is 29.5 Å². The van der Waals surface area contributed by atoms with E-state index < -0.39 is 129 Å². The first-order valence-corrected chi connectivity index (χ1v) is 43.8. The molecule has 672 valence electrons. The molecular formula is C90H115N13O21S. The van der Waals surface area contributed by atoms with Crippen LogP contribution in [0, 0.1) is 55.3 Å². The van der Waals surface area contributed by atoms with Crippen LogP contribution in [0.3, 0.4) is 0 Å². The first kappa shape index (κ1) is 92.0. The van der Waals surface area contributed by atoms with Gasteiger partial charge in [-0.25, -0.2) is 42.1 Å². The summed E-state index contributed by atoms with van der Waals surface area (Å²) < 4.78 is 83.6. The number of methoxy groups -OCH3 is 1. The second kappa shape index (κ2) is 38.1. The van der Waals surface area contributed by atoms with Crippen LogP contribution >= 0.6 is 0 Å². The van der Waals surface area contributed by atoms with Crippen molar-refractivity contribution in [3.05, 3.63) is 147 Å². The van der Waals surface area contributed by atoms with Crippen LogP contribution < -0.4 is 76.3 Å². The Hall–Kier alpha value is -12.2. The van der Waals surface area contributed by atoms with E-state index in [1.165, 1.54) is 53.8 Å². The monoisotopic (exact) mass is 1750 g/mol. The largest absolute Gasteiger partial charge is 0.493 e. The number of alkyl carbamates (subject to hydrolysis) is 3. The summed E-state index contributed by atoms with van der Waals surface area (Å²) in [7, 11) is -2.69. The van der Waals surface area contributed by atoms with Crippen molar-refractivity contribution in [2.45, 2.75) is 219 Å². The van der Waals surface area contributed by atoms with E-state index in [0.29, 0.717) is 83.0 Å². The van der Waals surface area contributed by atoms with Crippen molar-refractivity contribution >= 4 is 87.5 Å². The van der Waals surface area contributed by atoms with Crippen LogP contribution in [0.4, 0.5) is 24.9 Å². The Labute approximate surface area is 727 Å². The van der Waals surface area contributed by atoms with Crippen LogP contribution in [0.1, 0.15) is 176 Å². The van der Waals surface area contributed by atoms with Gasteiger partial charge in [-0.05, 0) is 252 Å². The zero-order valence-electron chi connectivity index (χ0n) is 73.2. The summed E-state index contributed by atoms with van der Waals surface area (Å²) >= 11 is 0. The standard InChI is InChI=1S/C90H115N13O21S/c1-50-51(2)74(52(3)63-45-88(12,13)122-72(50)63)125(114,115)102-80(91)94-39-20-24-65(98-69(105)47-95-54(5)104)78(108)96-46-60-43-57(37-41-103(60)85(113)120-68-36-34-64-70-53(4)89(70)44-58-27-35-67(116-14)73-71(58)90(64,49-89)75(68)121-73)76(106)92-38-19-18-23-66(99-82(110)118-48-55-21-16-15-17-22-55)77(107)93-40-42-117-61-30-25-56(26-31-61)79(109)119-62-32-28-59(29-33-62)97-81(100-83(111)123-86(6,7)8)101-84(112)124-87(9,10)11/h15-17,21-22,25-33,35-36,53,57,60,64-66,70,75H,18-20,23-24,34,37-49H2,1-14H3,(H,92,106)(H,93,107)(H,95,104)(H,96,108)(H,98,105)(H,99,110)(H3,91,94,102)(H2,97,100,101,111,112)/t53?,57?,60?,64-,65+,66-,70-,75-,89?,90-/m0/s1. The Morgan fingerprint density at radius 2 is 1.38 bits per heavy atom. The van der Waals surface area contributed by atoms with Gasteiger partial charge in [-0.3, -0.25) is 40.0 Å². The minimum absolute atomic E-state index is 0.00324. The third-order valence-corrected chi connectivity index (χ3v) is 25.6. The number of piperidine rings is 1. The van der Waals surface area contributed by atoms with Gasteiger partial charge in [-0.2, -0.15) is 0 Å². The highest BCUT2D eigenvalue weighted by atomic mass is 32.2. The molecule has 10 atom stereocenters. The smallest absolute Gasteiger partial charge is 0.415 e. The normalized spacial score (nSPS) is 21.0. The number of nitrogens with zero attached hydrogens (tertiary/aromatic N) is 2. The van der Waals surface area contributed by atoms with Gasteiger partial charge < -0.3 is 84.7 Å². The number of carbonyl (C=O) groups excluding carboxylic acids is 10. The van der Waals surface area contributed by atoms with E-state index in [1.54, 1.807) is 106 Å². The van der Waals surface area contributed by atoms with E-state index in [4.69, 9.17) is 48.0 Å². The van der Waals surface area contributed by atoms with E-state index >= 15 is 4.79 Å². The lowest BCUT2D eigenvalue weighted by atomic mass is 9.58. The highest BCUT2D eigenvalue weighted by Gasteiger charge is 2.81. The molecule has 4 aliphatic carbocycles. The maximum atomic E-state index is 15.1. The molecular weight excluding hydrogens is 1630 g/mol. The van der Waals surface area contributed by atoms with Gasteiger partial charge in [0.05, 0.1) is 42.4 Å². The summed E-state index contributed by atoms with van der Waals surface area (Å²) in [4.78, 5) is 141. The molecule has 4 unspecified atom stereocenters. The highest BCUT2D eigenvalue weighted by Crippen LogP contribution is 2.83. The molecule has 7 aliphatic rings. The topological polar surface area (TPSA) is 448 Å². The number of ether oxygens (including phenoxy) is 9. The molecule has 5 aromatic rings. The Balaban J connectivity index is 0.666. The van der Waals surface area contributed by atoms with Crippen LogP contribution in [0.25, 0.3) is 0 Å². The van der Waals surface area contributed by atoms with E-state index in [2.05, 4.69) is 70.6 Å². The fraction of sp³-hybridized carbons (Fsp3) is 0.511. The number of hydrogen-bond acceptors (Lipinski definition) is 23. The van der Waals surface area contributed by atoms with Crippen molar-refractivity contribution < 1.29 is 99.0 Å². The number of rotatable bonds is 31. The Kier molecular flexibility index (Phi) is 28.1. The Morgan fingerprint density at radius 3 is 2.06 bits per heavy atom. The van der Waals surface area contributed by atoms with Crippen LogP contribution in [-0.2, 0) is 77.8 Å². The van der Waals surface area contributed by atoms with Crippen LogP contribution in [0.5, 0.6) is 28.7 Å². The number of aliphatic imine (C=N–C) groups is 1. The number of nitrogens with one attached hydrogen (secondary N) is 11. The average Bonchev–Trinajstić information content (AvgIpc) is 1.45. The van der Waals surface area contributed by atoms with Gasteiger partial charge in [0.2, 0.25) is 41.5 Å². The SMILES string of the molecule is COc1ccc2c3c1O[C@H]1C(OC(=O)N4CCC(C(=O)NCCCC[C@H](NC(=O)OCc5ccccc5)C(=O)NCCOc5ccc(C(=O)Oc6ccc(N=C(NC(=O)OC(C)(C)C)NC(=O)OC(C)(C)C)cc6)cc5)CC4CNC(=O)[C@@H](CCCNC(=N)NS(=O)(=O)c4c(C)c(C)c5c(c4C)CC(C)(C)O5)NC(=O)CNC(C)=O)=CC[C@H]4[C@@H]5C(C)C5(C2)C[C@]314. The molecule has 1 saturated heterocycles. The predicted octanol–water partition coefficient (Wildman–Crippen LogP) is 9.72. The molecule has 2 bridgehead atoms. The second-order valence-corrected chi connectivity index (χ2v) is 37.3. The maximum Gasteiger partial charge on any atom is 0.415 e. The van der Waals surface area contributed by atoms with Gasteiger partial charge in [0.25, 0.3) is 10.0 Å². The Bertz CT molecular complexity index is 5110. The second-order valence-electron chi connectivity index (χ2n) is 35.6. The number of amides is 9. The molecule has 35 heteroatoms. The number of esters is 1. The number of fused-ring (bicyclic) bond motifs is 2. The van der Waals surface area contributed by atoms with Crippen molar-refractivity contribution in [2.75, 3.05) is 53.0 Å². The van der Waals surface area contributed by atoms with Crippen molar-refractivity contribution in [3.63, 3.8) is 0 Å². The first-order chi connectivity index (χ1) is 59.1. The molecule has 3 fully saturated rings. The summed E-state index contributed by atoms with van der Waals surface area (Å²) in [5, 5.41) is 32.9. The summed E-state index contributed by atoms with van der Waals surface area (Å²) in [6.45, 7) is 22.1. The molecule has 125 heavy (non-hydrogen) atoms. The number of benzene rings is 5. The molecule has 3 heterocycles. The lowest BCUT2D eigenvalue weighted by molar-refractivity contribution is -0.130. The van der Waals surface area contributed by atoms with Crippen LogP contribution in [-0.4, -0.2) is 179 Å². The first-order valence-electron chi connectivity index (χ1n) is 42.4. The van der Waals surface area contributed by atoms with Gasteiger partial charge in [-0.1, -0.05) is 43.3 Å².